The number of fused-ring (bicyclic) bond motifs is 2. The molecule has 0 bridgehead atoms. The van der Waals surface area contributed by atoms with Crippen molar-refractivity contribution >= 4 is 21.5 Å². The van der Waals surface area contributed by atoms with E-state index in [0.29, 0.717) is 0 Å². The molecular formula is C137H178. The summed E-state index contributed by atoms with van der Waals surface area (Å²) in [6.45, 7) is 102. The Bertz CT molecular complexity index is 6310. The fourth-order valence-electron chi connectivity index (χ4n) is 18.7. The number of hydrogen-bond acceptors (Lipinski definition) is 0. The Hall–Kier alpha value is -10.4. The van der Waals surface area contributed by atoms with Gasteiger partial charge in [-0.15, -0.1) is 0 Å². The number of benzene rings is 14. The Morgan fingerprint density at radius 3 is 0.584 bits per heavy atom. The quantitative estimate of drug-likeness (QED) is 0.156. The fourth-order valence-corrected chi connectivity index (χ4v) is 18.7. The number of rotatable bonds is 6. The molecule has 0 spiro atoms. The standard InChI is InChI=1S/C28H34.C27H32.C22H30.C21H28.C20H28.C19H26/c1-19-9-13-21(14-10-19)23-17-26(28(6,7)8)24(18-25(23)27(3,4)5)22-15-11-20(2)12-16-22;1-19-13-15-21(16-14-19)23-18-24(26(2,3)4)22(17-25(23)27(5,6)7)20-11-9-8-10-12-20;1-15-9-11-17(12-10-15)18-14-19(21(3,4)5)16(2)13-20(18)22(6,7)8;1-15-8-10-16(11-9-15)18-14-17(20(2,3)4)12-13-19(18)21(5,6)7;1-13-9-15-11-17(19(3,4)5)18(20(6,7)8)12-16(15)10-14(13)2;1-13-8-9-14-11-16(18(2,3)4)17(19(5,6)7)12-15(14)10-13/h9-18H,1-8H3;8-18H,1-7H3;9-14H,1-8H3;8-14H,1-7H3;9-12H,1-8H3;8-12H,1-7H3. The summed E-state index contributed by atoms with van der Waals surface area (Å²) in [5.74, 6) is 0. The molecule has 14 rings (SSSR count). The van der Waals surface area contributed by atoms with Crippen LogP contribution in [0.25, 0.3) is 88.3 Å². The van der Waals surface area contributed by atoms with Gasteiger partial charge in [-0.25, -0.2) is 0 Å². The third kappa shape index (κ3) is 28.9. The van der Waals surface area contributed by atoms with Crippen molar-refractivity contribution in [2.24, 2.45) is 0 Å². The molecule has 0 N–H and O–H groups in total. The zero-order valence-electron chi connectivity index (χ0n) is 94.3. The Morgan fingerprint density at radius 1 is 0.124 bits per heavy atom. The summed E-state index contributed by atoms with van der Waals surface area (Å²) in [5, 5.41) is 5.44. The molecule has 14 aromatic rings. The van der Waals surface area contributed by atoms with Crippen LogP contribution in [-0.4, -0.2) is 0 Å². The molecule has 0 radical (unpaired) electrons. The van der Waals surface area contributed by atoms with Gasteiger partial charge >= 0.3 is 0 Å². The largest absolute Gasteiger partial charge is 0.0622 e. The van der Waals surface area contributed by atoms with Crippen LogP contribution in [0.3, 0.4) is 0 Å². The molecule has 0 aliphatic carbocycles. The van der Waals surface area contributed by atoms with Crippen LogP contribution >= 0.6 is 0 Å². The van der Waals surface area contributed by atoms with Crippen molar-refractivity contribution in [2.45, 2.75) is 377 Å². The molecule has 0 unspecified atom stereocenters. The van der Waals surface area contributed by atoms with Gasteiger partial charge in [0.1, 0.15) is 0 Å². The molecule has 0 atom stereocenters. The van der Waals surface area contributed by atoms with Gasteiger partial charge in [0.25, 0.3) is 0 Å². The van der Waals surface area contributed by atoms with Crippen LogP contribution in [0.1, 0.15) is 366 Å². The van der Waals surface area contributed by atoms with E-state index in [1.54, 1.807) is 0 Å². The highest BCUT2D eigenvalue weighted by Gasteiger charge is 2.33. The molecule has 0 nitrogen and oxygen atoms in total. The van der Waals surface area contributed by atoms with Crippen LogP contribution in [0.4, 0.5) is 0 Å². The summed E-state index contributed by atoms with van der Waals surface area (Å²) in [7, 11) is 0. The van der Waals surface area contributed by atoms with Crippen molar-refractivity contribution < 1.29 is 0 Å². The molecule has 0 saturated carbocycles. The van der Waals surface area contributed by atoms with Gasteiger partial charge in [-0.3, -0.25) is 0 Å². The highest BCUT2D eigenvalue weighted by molar-refractivity contribution is 5.88. The maximum Gasteiger partial charge on any atom is -0.0125 e. The third-order valence-corrected chi connectivity index (χ3v) is 27.1. The van der Waals surface area contributed by atoms with Crippen molar-refractivity contribution in [2.75, 3.05) is 0 Å². The van der Waals surface area contributed by atoms with Gasteiger partial charge in [0.05, 0.1) is 0 Å². The van der Waals surface area contributed by atoms with Gasteiger partial charge in [0.15, 0.2) is 0 Å². The lowest BCUT2D eigenvalue weighted by Gasteiger charge is -2.31. The maximum atomic E-state index is 2.44. The summed E-state index contributed by atoms with van der Waals surface area (Å²) in [4.78, 5) is 0. The number of hydrogen-bond donors (Lipinski definition) is 0. The van der Waals surface area contributed by atoms with E-state index in [1.807, 2.05) is 0 Å². The molecule has 0 heterocycles. The first-order valence-corrected chi connectivity index (χ1v) is 50.9. The van der Waals surface area contributed by atoms with E-state index in [1.165, 1.54) is 205 Å². The van der Waals surface area contributed by atoms with Gasteiger partial charge in [0.2, 0.25) is 0 Å². The van der Waals surface area contributed by atoms with Crippen LogP contribution in [0, 0.1) is 62.3 Å². The molecule has 0 heteroatoms. The predicted octanol–water partition coefficient (Wildman–Crippen LogP) is 40.8. The molecule has 0 amide bonds. The van der Waals surface area contributed by atoms with Crippen molar-refractivity contribution in [1.82, 2.24) is 0 Å². The molecule has 137 heavy (non-hydrogen) atoms. The first-order chi connectivity index (χ1) is 62.7. The van der Waals surface area contributed by atoms with Crippen molar-refractivity contribution in [3.05, 3.63) is 378 Å². The second-order valence-electron chi connectivity index (χ2n) is 52.5. The Labute approximate surface area is 836 Å². The van der Waals surface area contributed by atoms with Crippen LogP contribution in [-0.2, 0) is 65.0 Å². The summed E-state index contributed by atoms with van der Waals surface area (Å²) >= 11 is 0. The van der Waals surface area contributed by atoms with Gasteiger partial charge < -0.3 is 0 Å². The Morgan fingerprint density at radius 2 is 0.336 bits per heavy atom. The topological polar surface area (TPSA) is 0 Å². The molecule has 14 aromatic carbocycles. The molecule has 0 aromatic heterocycles. The molecule has 726 valence electrons. The summed E-state index contributed by atoms with van der Waals surface area (Å²) < 4.78 is 0. The zero-order valence-corrected chi connectivity index (χ0v) is 94.3. The van der Waals surface area contributed by atoms with E-state index in [0.717, 1.165) is 0 Å². The lowest BCUT2D eigenvalue weighted by Crippen LogP contribution is -2.21. The molecule has 0 aliphatic rings. The average Bonchev–Trinajstić information content (AvgIpc) is 0.738. The normalized spacial score (nSPS) is 12.6. The van der Waals surface area contributed by atoms with Crippen LogP contribution in [0.5, 0.6) is 0 Å². The summed E-state index contributed by atoms with van der Waals surface area (Å²) in [6.07, 6.45) is 0. The Kier molecular flexibility index (Phi) is 33.8. The van der Waals surface area contributed by atoms with Gasteiger partial charge in [0, 0.05) is 0 Å². The minimum absolute atomic E-state index is 0.0656. The van der Waals surface area contributed by atoms with Crippen molar-refractivity contribution in [3.63, 3.8) is 0 Å². The van der Waals surface area contributed by atoms with Crippen molar-refractivity contribution in [1.29, 1.82) is 0 Å². The van der Waals surface area contributed by atoms with E-state index >= 15 is 0 Å². The zero-order chi connectivity index (χ0) is 103. The summed E-state index contributed by atoms with van der Waals surface area (Å²) in [5.41, 5.74) is 46.8. The third-order valence-electron chi connectivity index (χ3n) is 27.1. The maximum absolute atomic E-state index is 2.44. The molecular weight excluding hydrogens is 1650 g/mol. The SMILES string of the molecule is Cc1cc2cc(C(C)(C)C)c(C(C)(C)C)cc2cc1C.Cc1ccc(-c2cc(C(C)(C)C)c(-c3ccc(C)cc3)cc2C(C)(C)C)cc1.Cc1ccc(-c2cc(C(C)(C)C)c(-c3ccccc3)cc2C(C)(C)C)cc1.Cc1ccc(-c2cc(C(C)(C)C)c(C)cc2C(C)(C)C)cc1.Cc1ccc(-c2cc(C(C)(C)C)ccc2C(C)(C)C)cc1.Cc1ccc2cc(C(C)(C)C)c(C(C)(C)C)cc2c1. The minimum Gasteiger partial charge on any atom is -0.0622 e. The van der Waals surface area contributed by atoms with Gasteiger partial charge in [-0.05, 0) is 323 Å². The second-order valence-corrected chi connectivity index (χ2v) is 52.5. The van der Waals surface area contributed by atoms with E-state index in [-0.39, 0.29) is 65.0 Å². The Balaban J connectivity index is 0.000000185. The predicted molar refractivity (Wildman–Crippen MR) is 613 cm³/mol. The van der Waals surface area contributed by atoms with E-state index in [2.05, 4.69) is 572 Å². The van der Waals surface area contributed by atoms with E-state index in [9.17, 15) is 0 Å². The lowest BCUT2D eigenvalue weighted by molar-refractivity contribution is 0.531. The fraction of sp³-hybridized carbons (Fsp3) is 0.416. The van der Waals surface area contributed by atoms with Crippen LogP contribution in [0.15, 0.2) is 261 Å². The highest BCUT2D eigenvalue weighted by Crippen LogP contribution is 2.48. The highest BCUT2D eigenvalue weighted by atomic mass is 14.4. The lowest BCUT2D eigenvalue weighted by atomic mass is 9.74. The van der Waals surface area contributed by atoms with Crippen LogP contribution in [0.2, 0.25) is 0 Å². The molecule has 0 aliphatic heterocycles. The molecule has 0 saturated heterocycles. The van der Waals surface area contributed by atoms with Crippen LogP contribution < -0.4 is 0 Å². The first kappa shape index (κ1) is 110. The molecule has 0 fully saturated rings. The number of aryl methyl sites for hydroxylation is 9. The van der Waals surface area contributed by atoms with Gasteiger partial charge in [-0.2, -0.15) is 0 Å². The first-order valence-electron chi connectivity index (χ1n) is 50.9. The second kappa shape index (κ2) is 41.9. The monoisotopic (exact) mass is 1820 g/mol. The van der Waals surface area contributed by atoms with E-state index in [4.69, 9.17) is 0 Å². The minimum atomic E-state index is 0.0656. The van der Waals surface area contributed by atoms with Gasteiger partial charge in [-0.1, -0.05) is 519 Å². The average molecular weight is 1820 g/mol. The van der Waals surface area contributed by atoms with E-state index < -0.39 is 0 Å². The smallest absolute Gasteiger partial charge is 0.0125 e. The summed E-state index contributed by atoms with van der Waals surface area (Å²) in [6, 6.07) is 98.0. The van der Waals surface area contributed by atoms with Crippen molar-refractivity contribution in [3.8, 4) is 66.8 Å².